The highest BCUT2D eigenvalue weighted by atomic mass is 16.5. The molecule has 5 heterocycles. The third kappa shape index (κ3) is 5.52. The van der Waals surface area contributed by atoms with Crippen molar-refractivity contribution < 1.29 is 9.53 Å². The van der Waals surface area contributed by atoms with E-state index in [9.17, 15) is 4.79 Å². The highest BCUT2D eigenvalue weighted by Crippen LogP contribution is 2.48. The van der Waals surface area contributed by atoms with Crippen LogP contribution in [0.15, 0.2) is 30.3 Å². The van der Waals surface area contributed by atoms with Gasteiger partial charge in [0.15, 0.2) is 0 Å². The highest BCUT2D eigenvalue weighted by molar-refractivity contribution is 6.03. The van der Waals surface area contributed by atoms with Gasteiger partial charge in [-0.05, 0) is 121 Å². The molecule has 0 atom stereocenters. The minimum absolute atomic E-state index is 0.200. The Bertz CT molecular complexity index is 2120. The number of carbonyl (C=O) groups excluding carboxylic acids is 1. The number of fused-ring (bicyclic) bond motifs is 8. The third-order valence-corrected chi connectivity index (χ3v) is 11.3. The number of H-pyrrole nitrogens is 2. The minimum Gasteiger partial charge on any atom is -0.466 e. The molecule has 3 aromatic heterocycles. The first kappa shape index (κ1) is 34.7. The molecule has 6 nitrogen and oxygen atoms in total. The van der Waals surface area contributed by atoms with Crippen molar-refractivity contribution in [3.63, 3.8) is 0 Å². The summed E-state index contributed by atoms with van der Waals surface area (Å²) in [7, 11) is 0. The lowest BCUT2D eigenvalue weighted by atomic mass is 9.72. The molecule has 8 bridgehead atoms. The summed E-state index contributed by atoms with van der Waals surface area (Å²) < 4.78 is 5.49. The molecule has 0 spiro atoms. The van der Waals surface area contributed by atoms with Crippen molar-refractivity contribution in [3.05, 3.63) is 80.8 Å². The van der Waals surface area contributed by atoms with E-state index in [1.54, 1.807) is 0 Å². The molecule has 6 rings (SSSR count). The molecule has 2 aliphatic rings. The van der Waals surface area contributed by atoms with Gasteiger partial charge in [0.05, 0.1) is 35.6 Å². The van der Waals surface area contributed by atoms with Crippen molar-refractivity contribution in [2.75, 3.05) is 6.61 Å². The van der Waals surface area contributed by atoms with Crippen molar-refractivity contribution in [2.45, 2.75) is 126 Å². The zero-order valence-electron chi connectivity index (χ0n) is 31.2. The summed E-state index contributed by atoms with van der Waals surface area (Å²) in [4.78, 5) is 31.9. The van der Waals surface area contributed by atoms with Gasteiger partial charge >= 0.3 is 5.97 Å². The van der Waals surface area contributed by atoms with Crippen LogP contribution in [0.1, 0.15) is 138 Å². The normalized spacial score (nSPS) is 14.0. The van der Waals surface area contributed by atoms with Gasteiger partial charge in [-0.25, -0.2) is 4.98 Å². The number of carbonyl (C=O) groups is 1. The summed E-state index contributed by atoms with van der Waals surface area (Å²) in [6, 6.07) is 11.3. The van der Waals surface area contributed by atoms with Gasteiger partial charge in [-0.2, -0.15) is 0 Å². The Labute approximate surface area is 291 Å². The van der Waals surface area contributed by atoms with E-state index >= 15 is 0 Å². The van der Waals surface area contributed by atoms with E-state index in [0.717, 1.165) is 107 Å². The zero-order chi connectivity index (χ0) is 35.0. The van der Waals surface area contributed by atoms with Crippen LogP contribution < -0.4 is 0 Å². The van der Waals surface area contributed by atoms with Gasteiger partial charge in [0, 0.05) is 32.9 Å². The summed E-state index contributed by atoms with van der Waals surface area (Å²) in [6.07, 6.45) is 7.50. The van der Waals surface area contributed by atoms with Crippen LogP contribution in [0, 0.1) is 0 Å². The van der Waals surface area contributed by atoms with Gasteiger partial charge in [0.1, 0.15) is 0 Å². The molecule has 0 radical (unpaired) electrons. The first-order valence-electron chi connectivity index (χ1n) is 18.9. The molecule has 2 N–H and O–H groups in total. The fraction of sp³-hybridized carbons (Fsp3) is 0.465. The van der Waals surface area contributed by atoms with Gasteiger partial charge < -0.3 is 14.7 Å². The number of hydrogen-bond donors (Lipinski definition) is 2. The van der Waals surface area contributed by atoms with Crippen LogP contribution in [0.25, 0.3) is 44.1 Å². The number of nitrogens with one attached hydrogen (secondary N) is 2. The summed E-state index contributed by atoms with van der Waals surface area (Å²) >= 11 is 0. The lowest BCUT2D eigenvalue weighted by Gasteiger charge is -2.30. The van der Waals surface area contributed by atoms with Gasteiger partial charge in [0.25, 0.3) is 0 Å². The number of nitrogens with zero attached hydrogens (tertiary/aromatic N) is 2. The molecule has 0 aliphatic carbocycles. The van der Waals surface area contributed by atoms with Gasteiger partial charge in [0.2, 0.25) is 0 Å². The second-order valence-corrected chi connectivity index (χ2v) is 13.4. The van der Waals surface area contributed by atoms with Crippen molar-refractivity contribution in [1.82, 2.24) is 19.9 Å². The number of ether oxygens (including phenoxy) is 1. The molecule has 6 heteroatoms. The quantitative estimate of drug-likeness (QED) is 0.157. The molecule has 0 amide bonds. The number of aryl methyl sites for hydroxylation is 4. The Kier molecular flexibility index (Phi) is 9.88. The largest absolute Gasteiger partial charge is 0.466 e. The number of aromatic nitrogens is 4. The Morgan fingerprint density at radius 1 is 0.673 bits per heavy atom. The fourth-order valence-electron chi connectivity index (χ4n) is 8.92. The number of rotatable bonds is 11. The van der Waals surface area contributed by atoms with E-state index in [2.05, 4.69) is 95.7 Å². The van der Waals surface area contributed by atoms with E-state index in [1.807, 2.05) is 6.92 Å². The second kappa shape index (κ2) is 14.0. The van der Waals surface area contributed by atoms with E-state index in [-0.39, 0.29) is 17.8 Å². The highest BCUT2D eigenvalue weighted by Gasteiger charge is 2.41. The van der Waals surface area contributed by atoms with Crippen LogP contribution in [0.4, 0.5) is 0 Å². The SMILES string of the molecule is CCOC(=O)Cc1ccc2c3nc(cc4[nH]c(cc5[nH]c(cc6nc2c1C6(CC)CC)c(CC)c5CC)c(CC)c4CC)C(CC)=C3CC. The summed E-state index contributed by atoms with van der Waals surface area (Å²) in [5.74, 6) is -0.200. The molecular formula is C43H54N4O2. The van der Waals surface area contributed by atoms with Crippen LogP contribution in [0.3, 0.4) is 0 Å². The molecule has 4 aromatic rings. The molecule has 2 aliphatic heterocycles. The maximum atomic E-state index is 13.0. The molecule has 0 saturated carbocycles. The number of hydrogen-bond acceptors (Lipinski definition) is 4. The first-order chi connectivity index (χ1) is 23.8. The summed E-state index contributed by atoms with van der Waals surface area (Å²) in [5.41, 5.74) is 18.5. The predicted molar refractivity (Wildman–Crippen MR) is 205 cm³/mol. The van der Waals surface area contributed by atoms with E-state index in [0.29, 0.717) is 6.61 Å². The van der Waals surface area contributed by atoms with Crippen molar-refractivity contribution in [1.29, 1.82) is 0 Å². The zero-order valence-corrected chi connectivity index (χ0v) is 31.2. The summed E-state index contributed by atoms with van der Waals surface area (Å²) in [6.45, 7) is 20.3. The molecule has 49 heavy (non-hydrogen) atoms. The fourth-order valence-corrected chi connectivity index (χ4v) is 8.92. The Morgan fingerprint density at radius 3 is 1.73 bits per heavy atom. The average molecular weight is 659 g/mol. The Balaban J connectivity index is 1.89. The number of allylic oxidation sites excluding steroid dienone is 2. The maximum Gasteiger partial charge on any atom is 0.310 e. The molecule has 0 saturated heterocycles. The summed E-state index contributed by atoms with van der Waals surface area (Å²) in [5, 5.41) is 1.05. The van der Waals surface area contributed by atoms with Crippen molar-refractivity contribution in [2.24, 2.45) is 0 Å². The van der Waals surface area contributed by atoms with Crippen LogP contribution in [-0.2, 0) is 47.1 Å². The average Bonchev–Trinajstić information content (AvgIpc) is 3.83. The Hall–Kier alpha value is -4.19. The van der Waals surface area contributed by atoms with Crippen LogP contribution in [-0.4, -0.2) is 32.5 Å². The monoisotopic (exact) mass is 658 g/mol. The number of benzene rings is 1. The minimum atomic E-state index is -0.353. The van der Waals surface area contributed by atoms with E-state index in [1.165, 1.54) is 38.9 Å². The lowest BCUT2D eigenvalue weighted by Crippen LogP contribution is -2.26. The molecule has 0 unspecified atom stereocenters. The molecule has 258 valence electrons. The van der Waals surface area contributed by atoms with Crippen LogP contribution in [0.2, 0.25) is 0 Å². The standard InChI is InChI=1S/C43H54N4O2/c1-10-26-27(11-2)35-23-36-30(14-5)31(15-6)41(46-36)32-20-19-25(21-39(48)49-18-9)40-42(32)47-38(43(40,16-7)17-8)24-37-29(13-4)28(12-3)34(45-37)22-33(26)44-35/h19-20,22-24,44-45H,10-18,21H2,1-9H3. The van der Waals surface area contributed by atoms with Crippen LogP contribution in [0.5, 0.6) is 0 Å². The van der Waals surface area contributed by atoms with Gasteiger partial charge in [-0.1, -0.05) is 67.5 Å². The molecular weight excluding hydrogens is 604 g/mol. The first-order valence-corrected chi connectivity index (χ1v) is 18.9. The molecule has 0 fully saturated rings. The van der Waals surface area contributed by atoms with Crippen molar-refractivity contribution in [3.8, 4) is 0 Å². The maximum absolute atomic E-state index is 13.0. The third-order valence-electron chi connectivity index (χ3n) is 11.3. The van der Waals surface area contributed by atoms with E-state index in [4.69, 9.17) is 14.7 Å². The van der Waals surface area contributed by atoms with Gasteiger partial charge in [-0.3, -0.25) is 9.78 Å². The van der Waals surface area contributed by atoms with Crippen LogP contribution >= 0.6 is 0 Å². The van der Waals surface area contributed by atoms with E-state index < -0.39 is 0 Å². The number of aromatic amines is 2. The smallest absolute Gasteiger partial charge is 0.310 e. The number of esters is 1. The second-order valence-electron chi connectivity index (χ2n) is 13.4. The van der Waals surface area contributed by atoms with Gasteiger partial charge in [-0.15, -0.1) is 0 Å². The van der Waals surface area contributed by atoms with Crippen molar-refractivity contribution >= 4 is 50.1 Å². The predicted octanol–water partition coefficient (Wildman–Crippen LogP) is 10.7. The molecule has 1 aromatic carbocycles. The lowest BCUT2D eigenvalue weighted by molar-refractivity contribution is -0.142. The topological polar surface area (TPSA) is 83.7 Å². The Morgan fingerprint density at radius 2 is 1.22 bits per heavy atom.